The van der Waals surface area contributed by atoms with Gasteiger partial charge in [0.25, 0.3) is 0 Å². The van der Waals surface area contributed by atoms with Gasteiger partial charge in [-0.25, -0.2) is 0 Å². The van der Waals surface area contributed by atoms with Crippen molar-refractivity contribution in [3.63, 3.8) is 0 Å². The molecular weight excluding hydrogens is 124 g/mol. The van der Waals surface area contributed by atoms with Gasteiger partial charge in [-0.15, -0.1) is 0 Å². The molecular formula is C9H11O. The van der Waals surface area contributed by atoms with Gasteiger partial charge in [-0.05, 0) is 43.2 Å². The maximum absolute atomic E-state index is 5.11. The Bertz CT molecular complexity index is 228. The number of aryl methyl sites for hydroxylation is 2. The average Bonchev–Trinajstić information content (AvgIpc) is 1.94. The Morgan fingerprint density at radius 2 is 2.10 bits per heavy atom. The summed E-state index contributed by atoms with van der Waals surface area (Å²) < 4.78 is 5.11. The fourth-order valence-electron chi connectivity index (χ4n) is 0.865. The Hall–Kier alpha value is -0.980. The van der Waals surface area contributed by atoms with E-state index in [0.717, 1.165) is 16.9 Å². The number of rotatable bonds is 1. The predicted molar refractivity (Wildman–Crippen MR) is 41.3 cm³/mol. The summed E-state index contributed by atoms with van der Waals surface area (Å²) in [6, 6.07) is 7.01. The molecule has 1 nitrogen and oxygen atoms in total. The molecule has 0 amide bonds. The van der Waals surface area contributed by atoms with E-state index in [1.807, 2.05) is 26.0 Å². The first kappa shape index (κ1) is 7.13. The van der Waals surface area contributed by atoms with Crippen molar-refractivity contribution in [3.8, 4) is 5.75 Å². The zero-order valence-corrected chi connectivity index (χ0v) is 6.56. The molecule has 1 rings (SSSR count). The van der Waals surface area contributed by atoms with E-state index in [2.05, 4.69) is 6.07 Å². The van der Waals surface area contributed by atoms with Gasteiger partial charge in [0.15, 0.2) is 0 Å². The van der Waals surface area contributed by atoms with Crippen LogP contribution < -0.4 is 4.74 Å². The van der Waals surface area contributed by atoms with Gasteiger partial charge in [-0.1, -0.05) is 0 Å². The van der Waals surface area contributed by atoms with Crippen LogP contribution in [0.5, 0.6) is 5.75 Å². The first-order valence-corrected chi connectivity index (χ1v) is 3.27. The molecule has 0 fully saturated rings. The molecule has 0 heterocycles. The molecule has 0 saturated carbocycles. The molecule has 1 aromatic rings. The van der Waals surface area contributed by atoms with Crippen LogP contribution in [-0.4, -0.2) is 7.11 Å². The second-order valence-corrected chi connectivity index (χ2v) is 2.37. The summed E-state index contributed by atoms with van der Waals surface area (Å²) in [6.45, 7) is 4.01. The molecule has 0 atom stereocenters. The molecule has 10 heavy (non-hydrogen) atoms. The highest BCUT2D eigenvalue weighted by Gasteiger charge is 1.95. The van der Waals surface area contributed by atoms with E-state index in [1.54, 1.807) is 7.11 Å². The van der Waals surface area contributed by atoms with E-state index in [4.69, 9.17) is 4.74 Å². The Morgan fingerprint density at radius 3 is 2.60 bits per heavy atom. The van der Waals surface area contributed by atoms with Gasteiger partial charge >= 0.3 is 0 Å². The van der Waals surface area contributed by atoms with Gasteiger partial charge in [0.2, 0.25) is 0 Å². The van der Waals surface area contributed by atoms with Crippen LogP contribution in [0, 0.1) is 19.9 Å². The zero-order valence-electron chi connectivity index (χ0n) is 6.56. The van der Waals surface area contributed by atoms with E-state index in [0.29, 0.717) is 0 Å². The van der Waals surface area contributed by atoms with Crippen LogP contribution in [0.1, 0.15) is 11.1 Å². The lowest BCUT2D eigenvalue weighted by Crippen LogP contribution is -1.86. The second-order valence-electron chi connectivity index (χ2n) is 2.37. The number of methoxy groups -OCH3 is 1. The molecule has 0 N–H and O–H groups in total. The van der Waals surface area contributed by atoms with Crippen LogP contribution in [0.15, 0.2) is 12.1 Å². The van der Waals surface area contributed by atoms with E-state index in [9.17, 15) is 0 Å². The van der Waals surface area contributed by atoms with Crippen LogP contribution in [-0.2, 0) is 0 Å². The van der Waals surface area contributed by atoms with Crippen molar-refractivity contribution in [2.24, 2.45) is 0 Å². The summed E-state index contributed by atoms with van der Waals surface area (Å²) >= 11 is 0. The van der Waals surface area contributed by atoms with Crippen molar-refractivity contribution in [2.45, 2.75) is 13.8 Å². The minimum absolute atomic E-state index is 0.941. The topological polar surface area (TPSA) is 9.23 Å². The molecule has 0 spiro atoms. The summed E-state index contributed by atoms with van der Waals surface area (Å²) in [5.74, 6) is 0.941. The molecule has 0 aromatic heterocycles. The molecule has 0 aliphatic heterocycles. The molecule has 1 aromatic carbocycles. The van der Waals surface area contributed by atoms with Crippen LogP contribution in [0.25, 0.3) is 0 Å². The predicted octanol–water partition coefficient (Wildman–Crippen LogP) is 2.11. The normalized spacial score (nSPS) is 9.50. The SMILES string of the molecule is COc1cc(C)[c]cc1C. The number of hydrogen-bond acceptors (Lipinski definition) is 1. The third-order valence-electron chi connectivity index (χ3n) is 1.47. The van der Waals surface area contributed by atoms with E-state index < -0.39 is 0 Å². The van der Waals surface area contributed by atoms with Crippen molar-refractivity contribution in [1.82, 2.24) is 0 Å². The zero-order chi connectivity index (χ0) is 7.56. The molecule has 1 radical (unpaired) electrons. The van der Waals surface area contributed by atoms with Crippen molar-refractivity contribution in [2.75, 3.05) is 7.11 Å². The molecule has 0 unspecified atom stereocenters. The van der Waals surface area contributed by atoms with Gasteiger partial charge in [-0.2, -0.15) is 0 Å². The lowest BCUT2D eigenvalue weighted by Gasteiger charge is -2.03. The smallest absolute Gasteiger partial charge is 0.122 e. The van der Waals surface area contributed by atoms with Crippen LogP contribution in [0.4, 0.5) is 0 Å². The quantitative estimate of drug-likeness (QED) is 0.573. The Balaban J connectivity index is 3.09. The van der Waals surface area contributed by atoms with Crippen molar-refractivity contribution in [1.29, 1.82) is 0 Å². The maximum Gasteiger partial charge on any atom is 0.122 e. The lowest BCUT2D eigenvalue weighted by atomic mass is 10.1. The molecule has 1 heteroatoms. The van der Waals surface area contributed by atoms with Gasteiger partial charge in [0.05, 0.1) is 7.11 Å². The Labute approximate surface area is 61.6 Å². The number of hydrogen-bond donors (Lipinski definition) is 0. The lowest BCUT2D eigenvalue weighted by molar-refractivity contribution is 0.411. The minimum atomic E-state index is 0.941. The van der Waals surface area contributed by atoms with Gasteiger partial charge in [-0.3, -0.25) is 0 Å². The minimum Gasteiger partial charge on any atom is -0.496 e. The summed E-state index contributed by atoms with van der Waals surface area (Å²) in [4.78, 5) is 0. The number of ether oxygens (including phenoxy) is 1. The van der Waals surface area contributed by atoms with Crippen LogP contribution in [0.2, 0.25) is 0 Å². The molecule has 0 bridgehead atoms. The summed E-state index contributed by atoms with van der Waals surface area (Å²) in [5.41, 5.74) is 2.25. The number of benzene rings is 1. The summed E-state index contributed by atoms with van der Waals surface area (Å²) in [7, 11) is 1.68. The average molecular weight is 135 g/mol. The second kappa shape index (κ2) is 2.74. The fourth-order valence-corrected chi connectivity index (χ4v) is 0.865. The molecule has 53 valence electrons. The Kier molecular flexibility index (Phi) is 1.95. The van der Waals surface area contributed by atoms with E-state index >= 15 is 0 Å². The largest absolute Gasteiger partial charge is 0.496 e. The van der Waals surface area contributed by atoms with Crippen molar-refractivity contribution in [3.05, 3.63) is 29.3 Å². The maximum atomic E-state index is 5.11. The third-order valence-corrected chi connectivity index (χ3v) is 1.47. The van der Waals surface area contributed by atoms with Gasteiger partial charge < -0.3 is 4.74 Å². The highest BCUT2D eigenvalue weighted by Crippen LogP contribution is 2.17. The van der Waals surface area contributed by atoms with Crippen molar-refractivity contribution >= 4 is 0 Å². The van der Waals surface area contributed by atoms with E-state index in [-0.39, 0.29) is 0 Å². The van der Waals surface area contributed by atoms with Crippen LogP contribution in [0.3, 0.4) is 0 Å². The standard InChI is InChI=1S/C9H11O/c1-7-4-5-8(2)9(6-7)10-3/h5-6H,1-3H3. The van der Waals surface area contributed by atoms with Gasteiger partial charge in [0, 0.05) is 0 Å². The summed E-state index contributed by atoms with van der Waals surface area (Å²) in [5, 5.41) is 0. The first-order valence-electron chi connectivity index (χ1n) is 3.27. The highest BCUT2D eigenvalue weighted by molar-refractivity contribution is 5.34. The monoisotopic (exact) mass is 135 g/mol. The van der Waals surface area contributed by atoms with Crippen LogP contribution >= 0.6 is 0 Å². The van der Waals surface area contributed by atoms with Crippen molar-refractivity contribution < 1.29 is 4.74 Å². The summed E-state index contributed by atoms with van der Waals surface area (Å²) in [6.07, 6.45) is 0. The van der Waals surface area contributed by atoms with Gasteiger partial charge in [0.1, 0.15) is 5.75 Å². The third kappa shape index (κ3) is 1.29. The molecule has 0 aliphatic carbocycles. The Morgan fingerprint density at radius 1 is 1.40 bits per heavy atom. The highest BCUT2D eigenvalue weighted by atomic mass is 16.5. The van der Waals surface area contributed by atoms with E-state index in [1.165, 1.54) is 0 Å². The fraction of sp³-hybridized carbons (Fsp3) is 0.333. The molecule has 0 saturated heterocycles. The first-order chi connectivity index (χ1) is 4.74. The molecule has 0 aliphatic rings.